The van der Waals surface area contributed by atoms with Crippen molar-refractivity contribution in [2.24, 2.45) is 0 Å². The van der Waals surface area contributed by atoms with Crippen LogP contribution in [0.3, 0.4) is 0 Å². The molecule has 1 aromatic heterocycles. The van der Waals surface area contributed by atoms with Crippen molar-refractivity contribution in [2.45, 2.75) is 52.5 Å². The molecular formula is C18H24N2OS. The molecule has 118 valence electrons. The zero-order valence-electron chi connectivity index (χ0n) is 13.8. The Labute approximate surface area is 136 Å². The molecule has 1 N–H and O–H groups in total. The highest BCUT2D eigenvalue weighted by Gasteiger charge is 2.25. The molecule has 2 rings (SSSR count). The van der Waals surface area contributed by atoms with Crippen molar-refractivity contribution in [1.29, 1.82) is 0 Å². The maximum absolute atomic E-state index is 12.6. The van der Waals surface area contributed by atoms with Gasteiger partial charge in [-0.3, -0.25) is 4.79 Å². The first-order valence-electron chi connectivity index (χ1n) is 7.78. The van der Waals surface area contributed by atoms with Crippen molar-refractivity contribution < 1.29 is 4.79 Å². The SMILES string of the molecule is CCCCc1nc(C)c(C(=O)NC(C)(C)c2ccccc2)s1. The Morgan fingerprint density at radius 2 is 1.95 bits per heavy atom. The van der Waals surface area contributed by atoms with E-state index in [1.165, 1.54) is 11.3 Å². The van der Waals surface area contributed by atoms with Crippen LogP contribution < -0.4 is 5.32 Å². The lowest BCUT2D eigenvalue weighted by atomic mass is 9.94. The Hall–Kier alpha value is -1.68. The summed E-state index contributed by atoms with van der Waals surface area (Å²) in [4.78, 5) is 17.9. The monoisotopic (exact) mass is 316 g/mol. The normalized spacial score (nSPS) is 11.5. The number of amides is 1. The quantitative estimate of drug-likeness (QED) is 0.855. The number of benzene rings is 1. The van der Waals surface area contributed by atoms with Crippen LogP contribution in [-0.2, 0) is 12.0 Å². The number of hydrogen-bond acceptors (Lipinski definition) is 3. The van der Waals surface area contributed by atoms with Gasteiger partial charge in [0.25, 0.3) is 5.91 Å². The first kappa shape index (κ1) is 16.7. The van der Waals surface area contributed by atoms with Gasteiger partial charge in [0.1, 0.15) is 4.88 Å². The molecule has 0 spiro atoms. The smallest absolute Gasteiger partial charge is 0.263 e. The molecule has 1 amide bonds. The molecule has 1 aromatic carbocycles. The van der Waals surface area contributed by atoms with E-state index in [0.29, 0.717) is 0 Å². The van der Waals surface area contributed by atoms with Crippen molar-refractivity contribution in [1.82, 2.24) is 10.3 Å². The molecule has 0 unspecified atom stereocenters. The minimum Gasteiger partial charge on any atom is -0.342 e. The van der Waals surface area contributed by atoms with E-state index < -0.39 is 5.54 Å². The van der Waals surface area contributed by atoms with Gasteiger partial charge in [-0.15, -0.1) is 11.3 Å². The van der Waals surface area contributed by atoms with Gasteiger partial charge in [-0.2, -0.15) is 0 Å². The standard InChI is InChI=1S/C18H24N2OS/c1-5-6-12-15-19-13(2)16(22-15)17(21)20-18(3,4)14-10-8-7-9-11-14/h7-11H,5-6,12H2,1-4H3,(H,20,21). The van der Waals surface area contributed by atoms with Crippen molar-refractivity contribution in [3.63, 3.8) is 0 Å². The number of rotatable bonds is 6. The fourth-order valence-corrected chi connectivity index (χ4v) is 3.37. The summed E-state index contributed by atoms with van der Waals surface area (Å²) in [6.07, 6.45) is 3.21. The first-order valence-corrected chi connectivity index (χ1v) is 8.60. The number of nitrogens with zero attached hydrogens (tertiary/aromatic N) is 1. The number of carbonyl (C=O) groups excluding carboxylic acids is 1. The van der Waals surface area contributed by atoms with E-state index in [1.54, 1.807) is 0 Å². The molecule has 0 saturated carbocycles. The number of aromatic nitrogens is 1. The fraction of sp³-hybridized carbons (Fsp3) is 0.444. The second kappa shape index (κ2) is 7.05. The van der Waals surface area contributed by atoms with E-state index in [-0.39, 0.29) is 5.91 Å². The van der Waals surface area contributed by atoms with Crippen molar-refractivity contribution in [3.05, 3.63) is 51.5 Å². The van der Waals surface area contributed by atoms with Crippen LogP contribution in [-0.4, -0.2) is 10.9 Å². The largest absolute Gasteiger partial charge is 0.342 e. The summed E-state index contributed by atoms with van der Waals surface area (Å²) in [5.74, 6) is -0.0356. The summed E-state index contributed by atoms with van der Waals surface area (Å²) in [6, 6.07) is 10.0. The summed E-state index contributed by atoms with van der Waals surface area (Å²) in [5.41, 5.74) is 1.52. The third-order valence-corrected chi connectivity index (χ3v) is 4.93. The van der Waals surface area contributed by atoms with Crippen LogP contribution in [0.4, 0.5) is 0 Å². The minimum atomic E-state index is -0.404. The summed E-state index contributed by atoms with van der Waals surface area (Å²) < 4.78 is 0. The highest BCUT2D eigenvalue weighted by molar-refractivity contribution is 7.13. The third kappa shape index (κ3) is 3.95. The summed E-state index contributed by atoms with van der Waals surface area (Å²) in [5, 5.41) is 4.19. The number of nitrogens with one attached hydrogen (secondary N) is 1. The summed E-state index contributed by atoms with van der Waals surface area (Å²) in [7, 11) is 0. The number of thiazole rings is 1. The number of hydrogen-bond donors (Lipinski definition) is 1. The first-order chi connectivity index (χ1) is 10.4. The average molecular weight is 316 g/mol. The van der Waals surface area contributed by atoms with E-state index in [4.69, 9.17) is 0 Å². The molecule has 2 aromatic rings. The molecule has 4 heteroatoms. The van der Waals surface area contributed by atoms with Crippen molar-refractivity contribution >= 4 is 17.2 Å². The molecule has 3 nitrogen and oxygen atoms in total. The molecule has 22 heavy (non-hydrogen) atoms. The molecule has 1 heterocycles. The maximum Gasteiger partial charge on any atom is 0.263 e. The summed E-state index contributed by atoms with van der Waals surface area (Å²) in [6.45, 7) is 8.12. The molecule has 0 atom stereocenters. The lowest BCUT2D eigenvalue weighted by molar-refractivity contribution is 0.0915. The second-order valence-corrected chi connectivity index (χ2v) is 7.15. The van der Waals surface area contributed by atoms with Gasteiger partial charge in [0, 0.05) is 0 Å². The molecule has 0 saturated heterocycles. The fourth-order valence-electron chi connectivity index (χ4n) is 2.37. The lowest BCUT2D eigenvalue weighted by Gasteiger charge is -2.26. The highest BCUT2D eigenvalue weighted by Crippen LogP contribution is 2.24. The van der Waals surface area contributed by atoms with Gasteiger partial charge in [0.2, 0.25) is 0 Å². The van der Waals surface area contributed by atoms with Gasteiger partial charge in [0.05, 0.1) is 16.2 Å². The van der Waals surface area contributed by atoms with E-state index in [0.717, 1.165) is 40.4 Å². The molecule has 0 aliphatic rings. The van der Waals surface area contributed by atoms with E-state index in [1.807, 2.05) is 51.1 Å². The Morgan fingerprint density at radius 3 is 2.59 bits per heavy atom. The topological polar surface area (TPSA) is 42.0 Å². The summed E-state index contributed by atoms with van der Waals surface area (Å²) >= 11 is 1.52. The van der Waals surface area contributed by atoms with Crippen LogP contribution in [0, 0.1) is 6.92 Å². The number of unbranched alkanes of at least 4 members (excludes halogenated alkanes) is 1. The molecule has 0 bridgehead atoms. The number of carbonyl (C=O) groups is 1. The Kier molecular flexibility index (Phi) is 5.35. The van der Waals surface area contributed by atoms with Gasteiger partial charge in [-0.1, -0.05) is 43.7 Å². The van der Waals surface area contributed by atoms with Crippen molar-refractivity contribution in [3.8, 4) is 0 Å². The number of aryl methyl sites for hydroxylation is 2. The Bertz CT molecular complexity index is 632. The minimum absolute atomic E-state index is 0.0356. The molecule has 0 fully saturated rings. The lowest BCUT2D eigenvalue weighted by Crippen LogP contribution is -2.40. The maximum atomic E-state index is 12.6. The van der Waals surface area contributed by atoms with Gasteiger partial charge in [0.15, 0.2) is 0 Å². The average Bonchev–Trinajstić information content (AvgIpc) is 2.87. The predicted octanol–water partition coefficient (Wildman–Crippen LogP) is 4.46. The van der Waals surface area contributed by atoms with Gasteiger partial charge >= 0.3 is 0 Å². The van der Waals surface area contributed by atoms with Crippen LogP contribution >= 0.6 is 11.3 Å². The highest BCUT2D eigenvalue weighted by atomic mass is 32.1. The van der Waals surface area contributed by atoms with E-state index >= 15 is 0 Å². The molecule has 0 aliphatic heterocycles. The predicted molar refractivity (Wildman–Crippen MR) is 92.4 cm³/mol. The van der Waals surface area contributed by atoms with Crippen molar-refractivity contribution in [2.75, 3.05) is 0 Å². The van der Waals surface area contributed by atoms with E-state index in [9.17, 15) is 4.79 Å². The van der Waals surface area contributed by atoms with Gasteiger partial charge in [-0.25, -0.2) is 4.98 Å². The van der Waals surface area contributed by atoms with Gasteiger partial charge in [-0.05, 0) is 39.2 Å². The van der Waals surface area contributed by atoms with Crippen LogP contribution in [0.5, 0.6) is 0 Å². The second-order valence-electron chi connectivity index (χ2n) is 6.07. The van der Waals surface area contributed by atoms with Crippen LogP contribution in [0.1, 0.15) is 59.5 Å². The van der Waals surface area contributed by atoms with Gasteiger partial charge < -0.3 is 5.32 Å². The van der Waals surface area contributed by atoms with Crippen LogP contribution in [0.25, 0.3) is 0 Å². The Morgan fingerprint density at radius 1 is 1.27 bits per heavy atom. The van der Waals surface area contributed by atoms with E-state index in [2.05, 4.69) is 17.2 Å². The van der Waals surface area contributed by atoms with Crippen LogP contribution in [0.15, 0.2) is 30.3 Å². The third-order valence-electron chi connectivity index (χ3n) is 3.71. The Balaban J connectivity index is 2.13. The molecular weight excluding hydrogens is 292 g/mol. The molecule has 0 aliphatic carbocycles. The zero-order valence-corrected chi connectivity index (χ0v) is 14.6. The van der Waals surface area contributed by atoms with Crippen LogP contribution in [0.2, 0.25) is 0 Å². The molecule has 0 radical (unpaired) electrons. The zero-order chi connectivity index (χ0) is 16.2.